The number of carbonyl (C=O) groups excluding carboxylic acids is 1. The second-order valence-corrected chi connectivity index (χ2v) is 6.34. The molecule has 3 rings (SSSR count). The van der Waals surface area contributed by atoms with E-state index in [-0.39, 0.29) is 10.8 Å². The molecular formula is C15H12O2S2. The van der Waals surface area contributed by atoms with Gasteiger partial charge in [0.15, 0.2) is 10.8 Å². The van der Waals surface area contributed by atoms with Gasteiger partial charge in [-0.3, -0.25) is 4.79 Å². The second kappa shape index (κ2) is 5.15. The number of aromatic hydroxyl groups is 1. The van der Waals surface area contributed by atoms with Crippen molar-refractivity contribution >= 4 is 38.5 Å². The van der Waals surface area contributed by atoms with Crippen molar-refractivity contribution in [2.75, 3.05) is 0 Å². The molecule has 0 fully saturated rings. The average Bonchev–Trinajstić information content (AvgIpc) is 3.02. The number of hydrogen-bond acceptors (Lipinski definition) is 4. The normalized spacial score (nSPS) is 10.9. The smallest absolute Gasteiger partial charge is 0.183 e. The van der Waals surface area contributed by atoms with Crippen LogP contribution in [-0.2, 0) is 6.42 Å². The molecule has 1 N–H and O–H groups in total. The van der Waals surface area contributed by atoms with Crippen molar-refractivity contribution in [2.45, 2.75) is 12.8 Å². The monoisotopic (exact) mass is 288 g/mol. The summed E-state index contributed by atoms with van der Waals surface area (Å²) in [5, 5.41) is 13.0. The van der Waals surface area contributed by atoms with Crippen LogP contribution in [0.2, 0.25) is 0 Å². The molecule has 3 aromatic rings. The quantitative estimate of drug-likeness (QED) is 0.718. The van der Waals surface area contributed by atoms with Crippen LogP contribution in [-0.4, -0.2) is 10.9 Å². The van der Waals surface area contributed by atoms with Crippen LogP contribution in [0.4, 0.5) is 0 Å². The van der Waals surface area contributed by atoms with Crippen LogP contribution in [0, 0.1) is 0 Å². The Hall–Kier alpha value is -1.65. The summed E-state index contributed by atoms with van der Waals surface area (Å²) in [6.07, 6.45) is 1.18. The lowest BCUT2D eigenvalue weighted by Crippen LogP contribution is -1.99. The fraction of sp³-hybridized carbons (Fsp3) is 0.133. The number of ketones is 1. The van der Waals surface area contributed by atoms with Gasteiger partial charge in [0.1, 0.15) is 0 Å². The van der Waals surface area contributed by atoms with Crippen LogP contribution in [0.1, 0.15) is 21.7 Å². The number of aryl methyl sites for hydroxylation is 1. The van der Waals surface area contributed by atoms with E-state index in [1.165, 1.54) is 16.2 Å². The first-order valence-electron chi connectivity index (χ1n) is 6.02. The summed E-state index contributed by atoms with van der Waals surface area (Å²) in [6.45, 7) is 0. The van der Waals surface area contributed by atoms with Gasteiger partial charge in [0.05, 0.1) is 5.56 Å². The molecule has 96 valence electrons. The third kappa shape index (κ3) is 2.41. The van der Waals surface area contributed by atoms with Crippen molar-refractivity contribution in [3.63, 3.8) is 0 Å². The molecule has 1 aromatic carbocycles. The average molecular weight is 288 g/mol. The highest BCUT2D eigenvalue weighted by molar-refractivity contribution is 7.21. The van der Waals surface area contributed by atoms with Crippen molar-refractivity contribution in [1.29, 1.82) is 0 Å². The van der Waals surface area contributed by atoms with Crippen LogP contribution in [0.5, 0.6) is 5.06 Å². The first kappa shape index (κ1) is 12.4. The van der Waals surface area contributed by atoms with Gasteiger partial charge in [-0.05, 0) is 23.9 Å². The summed E-state index contributed by atoms with van der Waals surface area (Å²) in [4.78, 5) is 13.5. The molecule has 0 saturated carbocycles. The molecule has 2 aromatic heterocycles. The van der Waals surface area contributed by atoms with E-state index in [1.807, 2.05) is 41.8 Å². The maximum atomic E-state index is 12.3. The van der Waals surface area contributed by atoms with Crippen LogP contribution < -0.4 is 0 Å². The molecule has 2 heterocycles. The Kier molecular flexibility index (Phi) is 3.36. The Morgan fingerprint density at radius 2 is 2.00 bits per heavy atom. The van der Waals surface area contributed by atoms with E-state index in [2.05, 4.69) is 0 Å². The van der Waals surface area contributed by atoms with Crippen molar-refractivity contribution < 1.29 is 9.90 Å². The van der Waals surface area contributed by atoms with Crippen molar-refractivity contribution in [3.05, 3.63) is 52.2 Å². The molecule has 19 heavy (non-hydrogen) atoms. The molecule has 0 amide bonds. The number of thiophene rings is 2. The third-order valence-electron chi connectivity index (χ3n) is 3.03. The van der Waals surface area contributed by atoms with E-state index in [0.717, 1.165) is 16.5 Å². The number of rotatable bonds is 4. The SMILES string of the molecule is O=C(CCc1cccs1)c1c(O)sc2ccccc12. The van der Waals surface area contributed by atoms with Gasteiger partial charge in [0.2, 0.25) is 0 Å². The molecule has 0 aliphatic rings. The summed E-state index contributed by atoms with van der Waals surface area (Å²) in [5.41, 5.74) is 0.483. The summed E-state index contributed by atoms with van der Waals surface area (Å²) >= 11 is 2.93. The summed E-state index contributed by atoms with van der Waals surface area (Å²) < 4.78 is 0.958. The minimum atomic E-state index is 0.0170. The van der Waals surface area contributed by atoms with E-state index in [1.54, 1.807) is 11.3 Å². The van der Waals surface area contributed by atoms with E-state index in [0.29, 0.717) is 12.0 Å². The zero-order chi connectivity index (χ0) is 13.2. The Morgan fingerprint density at radius 3 is 2.79 bits per heavy atom. The Labute approximate surface area is 119 Å². The summed E-state index contributed by atoms with van der Waals surface area (Å²) in [7, 11) is 0. The molecule has 0 saturated heterocycles. The Bertz CT molecular complexity index is 711. The largest absolute Gasteiger partial charge is 0.499 e. The van der Waals surface area contributed by atoms with Gasteiger partial charge in [-0.2, -0.15) is 0 Å². The van der Waals surface area contributed by atoms with Crippen molar-refractivity contribution in [1.82, 2.24) is 0 Å². The van der Waals surface area contributed by atoms with Gasteiger partial charge in [0, 0.05) is 21.4 Å². The van der Waals surface area contributed by atoms with Crippen LogP contribution in [0.15, 0.2) is 41.8 Å². The molecule has 4 heteroatoms. The molecule has 0 aliphatic carbocycles. The number of benzene rings is 1. The highest BCUT2D eigenvalue weighted by atomic mass is 32.1. The summed E-state index contributed by atoms with van der Waals surface area (Å²) in [6, 6.07) is 11.6. The lowest BCUT2D eigenvalue weighted by molar-refractivity contribution is 0.0983. The molecular weight excluding hydrogens is 276 g/mol. The molecule has 0 unspecified atom stereocenters. The predicted molar refractivity (Wildman–Crippen MR) is 80.5 cm³/mol. The molecule has 0 spiro atoms. The topological polar surface area (TPSA) is 37.3 Å². The van der Waals surface area contributed by atoms with Crippen LogP contribution in [0.25, 0.3) is 10.1 Å². The first-order valence-corrected chi connectivity index (χ1v) is 7.71. The van der Waals surface area contributed by atoms with E-state index in [9.17, 15) is 9.90 Å². The maximum absolute atomic E-state index is 12.3. The fourth-order valence-corrected chi connectivity index (χ4v) is 3.79. The molecule has 0 bridgehead atoms. The minimum absolute atomic E-state index is 0.0170. The zero-order valence-corrected chi connectivity index (χ0v) is 11.8. The number of fused-ring (bicyclic) bond motifs is 1. The third-order valence-corrected chi connectivity index (χ3v) is 4.94. The predicted octanol–water partition coefficient (Wildman–Crippen LogP) is 4.48. The van der Waals surface area contributed by atoms with Crippen molar-refractivity contribution in [3.8, 4) is 5.06 Å². The number of Topliss-reactive ketones (excluding diaryl/α,β-unsaturated/α-hetero) is 1. The molecule has 2 nitrogen and oxygen atoms in total. The van der Waals surface area contributed by atoms with Crippen molar-refractivity contribution in [2.24, 2.45) is 0 Å². The Morgan fingerprint density at radius 1 is 1.16 bits per heavy atom. The van der Waals surface area contributed by atoms with Crippen LogP contribution in [0.3, 0.4) is 0 Å². The Balaban J connectivity index is 1.87. The van der Waals surface area contributed by atoms with Gasteiger partial charge >= 0.3 is 0 Å². The highest BCUT2D eigenvalue weighted by Gasteiger charge is 2.18. The second-order valence-electron chi connectivity index (χ2n) is 4.28. The van der Waals surface area contributed by atoms with Gasteiger partial charge in [0.25, 0.3) is 0 Å². The van der Waals surface area contributed by atoms with Gasteiger partial charge in [-0.1, -0.05) is 35.6 Å². The van der Waals surface area contributed by atoms with Gasteiger partial charge in [-0.15, -0.1) is 11.3 Å². The number of hydrogen-bond donors (Lipinski definition) is 1. The number of carbonyl (C=O) groups is 1. The van der Waals surface area contributed by atoms with E-state index < -0.39 is 0 Å². The van der Waals surface area contributed by atoms with E-state index in [4.69, 9.17) is 0 Å². The first-order chi connectivity index (χ1) is 9.25. The summed E-state index contributed by atoms with van der Waals surface area (Å²) in [5.74, 6) is 0.0170. The lowest BCUT2D eigenvalue weighted by Gasteiger charge is -1.99. The van der Waals surface area contributed by atoms with Crippen LogP contribution >= 0.6 is 22.7 Å². The maximum Gasteiger partial charge on any atom is 0.183 e. The minimum Gasteiger partial charge on any atom is -0.499 e. The standard InChI is InChI=1S/C15H12O2S2/c16-12(8-7-10-4-3-9-18-10)14-11-5-1-2-6-13(11)19-15(14)17/h1-6,9,17H,7-8H2. The lowest BCUT2D eigenvalue weighted by atomic mass is 10.0. The van der Waals surface area contributed by atoms with E-state index >= 15 is 0 Å². The van der Waals surface area contributed by atoms with Gasteiger partial charge < -0.3 is 5.11 Å². The zero-order valence-electron chi connectivity index (χ0n) is 10.1. The molecule has 0 atom stereocenters. The highest BCUT2D eigenvalue weighted by Crippen LogP contribution is 2.37. The molecule has 0 radical (unpaired) electrons. The molecule has 0 aliphatic heterocycles. The van der Waals surface area contributed by atoms with Gasteiger partial charge in [-0.25, -0.2) is 0 Å². The fourth-order valence-electron chi connectivity index (χ4n) is 2.12.